The molecule has 1 aromatic rings. The van der Waals surface area contributed by atoms with Crippen LogP contribution in [0.4, 0.5) is 5.82 Å². The lowest BCUT2D eigenvalue weighted by Crippen LogP contribution is -2.41. The number of carbonyl (C=O) groups excluding carboxylic acids is 2. The van der Waals surface area contributed by atoms with Gasteiger partial charge in [0.15, 0.2) is 5.69 Å². The van der Waals surface area contributed by atoms with Crippen LogP contribution in [0.3, 0.4) is 0 Å². The molecule has 0 aliphatic heterocycles. The number of aliphatic carboxylic acids is 1. The first-order valence-electron chi connectivity index (χ1n) is 5.46. The molecule has 0 aromatic carbocycles. The number of carboxylic acids is 1. The van der Waals surface area contributed by atoms with E-state index in [1.807, 2.05) is 0 Å². The topological polar surface area (TPSA) is 168 Å². The molecule has 0 bridgehead atoms. The van der Waals surface area contributed by atoms with Crippen molar-refractivity contribution in [3.8, 4) is 0 Å². The Morgan fingerprint density at radius 1 is 1.45 bits per heavy atom. The predicted molar refractivity (Wildman–Crippen MR) is 64.8 cm³/mol. The molecule has 5 N–H and O–H groups in total. The highest BCUT2D eigenvalue weighted by atomic mass is 16.6. The van der Waals surface area contributed by atoms with Crippen LogP contribution < -0.4 is 11.1 Å². The summed E-state index contributed by atoms with van der Waals surface area (Å²) < 4.78 is 0. The molecule has 1 rings (SSSR count). The summed E-state index contributed by atoms with van der Waals surface area (Å²) in [5.41, 5.74) is 4.74. The minimum Gasteiger partial charge on any atom is -0.480 e. The zero-order valence-corrected chi connectivity index (χ0v) is 10.2. The third kappa shape index (κ3) is 4.08. The predicted octanol–water partition coefficient (Wildman–Crippen LogP) is -0.629. The van der Waals surface area contributed by atoms with Crippen molar-refractivity contribution < 1.29 is 24.4 Å². The first kappa shape index (κ1) is 15.1. The molecule has 0 radical (unpaired) electrons. The highest BCUT2D eigenvalue weighted by Crippen LogP contribution is 2.10. The summed E-state index contributed by atoms with van der Waals surface area (Å²) in [6.45, 7) is 0. The number of nitrogens with one attached hydrogen (secondary N) is 2. The van der Waals surface area contributed by atoms with Gasteiger partial charge in [-0.2, -0.15) is 0 Å². The van der Waals surface area contributed by atoms with Gasteiger partial charge in [0.2, 0.25) is 5.91 Å². The van der Waals surface area contributed by atoms with Crippen molar-refractivity contribution in [1.29, 1.82) is 0 Å². The Kier molecular flexibility index (Phi) is 4.78. The molecule has 1 heterocycles. The Bertz CT molecular complexity index is 552. The molecule has 0 fully saturated rings. The number of amides is 2. The van der Waals surface area contributed by atoms with Gasteiger partial charge in [-0.05, 0) is 17.4 Å². The fraction of sp³-hybridized carbons (Fsp3) is 0.300. The molecule has 0 saturated heterocycles. The molecular weight excluding hydrogens is 272 g/mol. The monoisotopic (exact) mass is 284 g/mol. The smallest absolute Gasteiger partial charge is 0.326 e. The molecule has 10 heteroatoms. The maximum Gasteiger partial charge on any atom is 0.326 e. The summed E-state index contributed by atoms with van der Waals surface area (Å²) in [6.07, 6.45) is -0.374. The van der Waals surface area contributed by atoms with Crippen LogP contribution >= 0.6 is 0 Å². The van der Waals surface area contributed by atoms with E-state index < -0.39 is 28.7 Å². The summed E-state index contributed by atoms with van der Waals surface area (Å²) in [6, 6.07) is 0.923. The van der Waals surface area contributed by atoms with E-state index in [0.717, 1.165) is 12.1 Å². The van der Waals surface area contributed by atoms with Crippen molar-refractivity contribution in [2.75, 3.05) is 0 Å². The highest BCUT2D eigenvalue weighted by molar-refractivity contribution is 5.95. The van der Waals surface area contributed by atoms with Crippen molar-refractivity contribution in [2.24, 2.45) is 5.73 Å². The van der Waals surface area contributed by atoms with Crippen molar-refractivity contribution >= 4 is 23.6 Å². The van der Waals surface area contributed by atoms with Gasteiger partial charge in [0.05, 0.1) is 0 Å². The average Bonchev–Trinajstić information content (AvgIpc) is 2.83. The second kappa shape index (κ2) is 6.31. The third-order valence-electron chi connectivity index (χ3n) is 2.39. The summed E-state index contributed by atoms with van der Waals surface area (Å²) >= 11 is 0. The summed E-state index contributed by atoms with van der Waals surface area (Å²) in [5, 5.41) is 21.5. The molecule has 0 aliphatic rings. The van der Waals surface area contributed by atoms with Crippen molar-refractivity contribution in [1.82, 2.24) is 10.3 Å². The number of hydrogen-bond acceptors (Lipinski definition) is 5. The quantitative estimate of drug-likeness (QED) is 0.384. The third-order valence-corrected chi connectivity index (χ3v) is 2.39. The molecule has 10 nitrogen and oxygen atoms in total. The number of rotatable bonds is 7. The van der Waals surface area contributed by atoms with Crippen LogP contribution in [-0.2, 0) is 9.59 Å². The van der Waals surface area contributed by atoms with E-state index in [9.17, 15) is 24.5 Å². The first-order valence-corrected chi connectivity index (χ1v) is 5.46. The molecule has 0 unspecified atom stereocenters. The van der Waals surface area contributed by atoms with Crippen LogP contribution in [0, 0.1) is 10.1 Å². The molecule has 1 atom stereocenters. The fourth-order valence-electron chi connectivity index (χ4n) is 1.40. The Hall–Kier alpha value is -2.91. The van der Waals surface area contributed by atoms with Gasteiger partial charge in [0.25, 0.3) is 5.91 Å². The van der Waals surface area contributed by atoms with Crippen molar-refractivity contribution in [3.63, 3.8) is 0 Å². The lowest BCUT2D eigenvalue weighted by molar-refractivity contribution is -0.389. The Labute approximate surface area is 112 Å². The Morgan fingerprint density at radius 2 is 2.10 bits per heavy atom. The maximum atomic E-state index is 11.7. The standard InChI is InChI=1S/C10H12N4O6/c11-7(15)3-1-6(10(17)18)13-9(16)5-2-4-8(12-5)14(19)20/h2,4,6,12H,1,3H2,(H2,11,15)(H,13,16)(H,17,18)/t6-/m1/s1. The molecular formula is C10H12N4O6. The normalized spacial score (nSPS) is 11.6. The van der Waals surface area contributed by atoms with E-state index in [1.165, 1.54) is 0 Å². The van der Waals surface area contributed by atoms with Crippen molar-refractivity contribution in [3.05, 3.63) is 27.9 Å². The maximum absolute atomic E-state index is 11.7. The summed E-state index contributed by atoms with van der Waals surface area (Å²) in [7, 11) is 0. The van der Waals surface area contributed by atoms with E-state index in [-0.39, 0.29) is 24.4 Å². The number of H-pyrrole nitrogens is 1. The van der Waals surface area contributed by atoms with Crippen LogP contribution in [0.1, 0.15) is 23.3 Å². The number of aromatic nitrogens is 1. The van der Waals surface area contributed by atoms with E-state index in [0.29, 0.717) is 0 Å². The van der Waals surface area contributed by atoms with E-state index in [4.69, 9.17) is 10.8 Å². The van der Waals surface area contributed by atoms with E-state index >= 15 is 0 Å². The number of primary amides is 1. The van der Waals surface area contributed by atoms with Crippen molar-refractivity contribution in [2.45, 2.75) is 18.9 Å². The first-order chi connectivity index (χ1) is 9.31. The molecule has 108 valence electrons. The molecule has 0 aliphatic carbocycles. The van der Waals surface area contributed by atoms with Gasteiger partial charge >= 0.3 is 11.8 Å². The number of carbonyl (C=O) groups is 3. The van der Waals surface area contributed by atoms with Gasteiger partial charge in [0, 0.05) is 12.5 Å². The van der Waals surface area contributed by atoms with Gasteiger partial charge in [-0.15, -0.1) is 0 Å². The molecule has 0 spiro atoms. The largest absolute Gasteiger partial charge is 0.480 e. The number of nitrogens with zero attached hydrogens (tertiary/aromatic N) is 1. The van der Waals surface area contributed by atoms with E-state index in [1.54, 1.807) is 0 Å². The minimum atomic E-state index is -1.33. The van der Waals surface area contributed by atoms with Gasteiger partial charge in [-0.25, -0.2) is 9.78 Å². The van der Waals surface area contributed by atoms with Gasteiger partial charge in [-0.3, -0.25) is 9.59 Å². The lowest BCUT2D eigenvalue weighted by atomic mass is 10.1. The Morgan fingerprint density at radius 3 is 2.55 bits per heavy atom. The van der Waals surface area contributed by atoms with Gasteiger partial charge in [0.1, 0.15) is 6.04 Å². The van der Waals surface area contributed by atoms with Crippen LogP contribution in [0.25, 0.3) is 0 Å². The summed E-state index contributed by atoms with van der Waals surface area (Å²) in [5.74, 6) is -3.24. The number of nitro groups is 1. The second-order valence-corrected chi connectivity index (χ2v) is 3.88. The van der Waals surface area contributed by atoms with Crippen LogP contribution in [0.15, 0.2) is 12.1 Å². The number of aromatic amines is 1. The number of carboxylic acid groups (broad SMARTS) is 1. The molecule has 20 heavy (non-hydrogen) atoms. The number of nitrogens with two attached hydrogens (primary N) is 1. The Balaban J connectivity index is 2.72. The fourth-order valence-corrected chi connectivity index (χ4v) is 1.40. The molecule has 2 amide bonds. The second-order valence-electron chi connectivity index (χ2n) is 3.88. The number of hydrogen-bond donors (Lipinski definition) is 4. The van der Waals surface area contributed by atoms with Crippen LogP contribution in [0.2, 0.25) is 0 Å². The average molecular weight is 284 g/mol. The van der Waals surface area contributed by atoms with E-state index in [2.05, 4.69) is 10.3 Å². The highest BCUT2D eigenvalue weighted by Gasteiger charge is 2.23. The minimum absolute atomic E-state index is 0.151. The zero-order chi connectivity index (χ0) is 15.3. The SMILES string of the molecule is NC(=O)CC[C@@H](NC(=O)c1ccc([N+](=O)[O-])[nH]1)C(=O)O. The van der Waals surface area contributed by atoms with Crippen LogP contribution in [-0.4, -0.2) is 38.8 Å². The lowest BCUT2D eigenvalue weighted by Gasteiger charge is -2.12. The van der Waals surface area contributed by atoms with Gasteiger partial charge in [-0.1, -0.05) is 0 Å². The van der Waals surface area contributed by atoms with Crippen LogP contribution in [0.5, 0.6) is 0 Å². The summed E-state index contributed by atoms with van der Waals surface area (Å²) in [4.78, 5) is 45.1. The molecule has 0 saturated carbocycles. The van der Waals surface area contributed by atoms with Gasteiger partial charge < -0.3 is 26.3 Å². The molecule has 1 aromatic heterocycles. The zero-order valence-electron chi connectivity index (χ0n) is 10.2.